The largest absolute Gasteiger partial charge is 0.383 e. The summed E-state index contributed by atoms with van der Waals surface area (Å²) in [5.74, 6) is 0.160. The molecule has 1 aromatic heterocycles. The van der Waals surface area contributed by atoms with Crippen molar-refractivity contribution in [2.75, 3.05) is 5.73 Å². The number of anilines is 1. The highest BCUT2D eigenvalue weighted by molar-refractivity contribution is 5.98. The Morgan fingerprint density at radius 2 is 2.00 bits per heavy atom. The van der Waals surface area contributed by atoms with Gasteiger partial charge in [-0.15, -0.1) is 0 Å². The van der Waals surface area contributed by atoms with E-state index in [0.717, 1.165) is 5.56 Å². The zero-order valence-electron chi connectivity index (χ0n) is 11.3. The predicted molar refractivity (Wildman–Crippen MR) is 74.7 cm³/mol. The first-order valence-electron chi connectivity index (χ1n) is 6.14. The molecule has 1 heterocycles. The molecule has 2 rings (SSSR count). The number of nitrogens with two attached hydrogens (primary N) is 1. The van der Waals surface area contributed by atoms with E-state index < -0.39 is 0 Å². The molecule has 100 valence electrons. The van der Waals surface area contributed by atoms with Crippen LogP contribution in [-0.4, -0.2) is 15.7 Å². The van der Waals surface area contributed by atoms with Crippen LogP contribution >= 0.6 is 0 Å². The average molecular weight is 258 g/mol. The Morgan fingerprint density at radius 3 is 2.53 bits per heavy atom. The van der Waals surface area contributed by atoms with Crippen LogP contribution in [0.3, 0.4) is 0 Å². The van der Waals surface area contributed by atoms with Crippen molar-refractivity contribution in [2.24, 2.45) is 7.05 Å². The molecule has 0 saturated heterocycles. The zero-order valence-corrected chi connectivity index (χ0v) is 11.3. The van der Waals surface area contributed by atoms with E-state index in [2.05, 4.69) is 10.4 Å². The van der Waals surface area contributed by atoms with Crippen molar-refractivity contribution >= 4 is 11.7 Å². The monoisotopic (exact) mass is 258 g/mol. The minimum Gasteiger partial charge on any atom is -0.383 e. The van der Waals surface area contributed by atoms with Crippen LogP contribution < -0.4 is 11.1 Å². The first kappa shape index (κ1) is 13.1. The number of carbonyl (C=O) groups is 1. The Hall–Kier alpha value is -2.30. The number of benzene rings is 1. The molecule has 1 unspecified atom stereocenters. The minimum absolute atomic E-state index is 0.0762. The van der Waals surface area contributed by atoms with E-state index in [1.807, 2.05) is 38.1 Å². The molecule has 0 aliphatic rings. The Balaban J connectivity index is 2.10. The van der Waals surface area contributed by atoms with Gasteiger partial charge in [0.05, 0.1) is 12.2 Å². The van der Waals surface area contributed by atoms with Gasteiger partial charge >= 0.3 is 0 Å². The quantitative estimate of drug-likeness (QED) is 0.881. The summed E-state index contributed by atoms with van der Waals surface area (Å²) in [6, 6.07) is 7.99. The topological polar surface area (TPSA) is 72.9 Å². The zero-order chi connectivity index (χ0) is 14.0. The highest BCUT2D eigenvalue weighted by Crippen LogP contribution is 2.15. The fraction of sp³-hybridized carbons (Fsp3) is 0.286. The van der Waals surface area contributed by atoms with Crippen LogP contribution in [-0.2, 0) is 7.05 Å². The van der Waals surface area contributed by atoms with Crippen molar-refractivity contribution in [3.05, 3.63) is 47.2 Å². The summed E-state index contributed by atoms with van der Waals surface area (Å²) in [6.45, 7) is 3.97. The van der Waals surface area contributed by atoms with Crippen LogP contribution in [0.5, 0.6) is 0 Å². The third-order valence-corrected chi connectivity index (χ3v) is 3.15. The van der Waals surface area contributed by atoms with Gasteiger partial charge in [0.1, 0.15) is 11.4 Å². The van der Waals surface area contributed by atoms with Gasteiger partial charge in [0.2, 0.25) is 0 Å². The van der Waals surface area contributed by atoms with Crippen molar-refractivity contribution in [1.82, 2.24) is 15.1 Å². The van der Waals surface area contributed by atoms with Gasteiger partial charge in [-0.25, -0.2) is 0 Å². The van der Waals surface area contributed by atoms with Gasteiger partial charge in [-0.05, 0) is 19.4 Å². The lowest BCUT2D eigenvalue weighted by molar-refractivity contribution is 0.0941. The summed E-state index contributed by atoms with van der Waals surface area (Å²) < 4.78 is 1.48. The van der Waals surface area contributed by atoms with Gasteiger partial charge in [0.15, 0.2) is 0 Å². The van der Waals surface area contributed by atoms with E-state index in [1.54, 1.807) is 7.05 Å². The Bertz CT molecular complexity index is 586. The van der Waals surface area contributed by atoms with Crippen LogP contribution in [0.4, 0.5) is 5.82 Å². The van der Waals surface area contributed by atoms with Gasteiger partial charge in [-0.2, -0.15) is 5.10 Å². The maximum absolute atomic E-state index is 12.1. The van der Waals surface area contributed by atoms with E-state index >= 15 is 0 Å². The summed E-state index contributed by atoms with van der Waals surface area (Å²) >= 11 is 0. The van der Waals surface area contributed by atoms with Crippen molar-refractivity contribution in [1.29, 1.82) is 0 Å². The molecule has 5 nitrogen and oxygen atoms in total. The summed E-state index contributed by atoms with van der Waals surface area (Å²) in [6.07, 6.45) is 1.48. The summed E-state index contributed by atoms with van der Waals surface area (Å²) in [5, 5.41) is 6.87. The van der Waals surface area contributed by atoms with Gasteiger partial charge in [-0.1, -0.05) is 29.8 Å². The number of aryl methyl sites for hydroxylation is 2. The normalized spacial score (nSPS) is 12.2. The molecule has 1 aromatic carbocycles. The van der Waals surface area contributed by atoms with E-state index in [0.29, 0.717) is 11.4 Å². The summed E-state index contributed by atoms with van der Waals surface area (Å²) in [7, 11) is 1.70. The lowest BCUT2D eigenvalue weighted by Gasteiger charge is -2.14. The fourth-order valence-corrected chi connectivity index (χ4v) is 1.83. The second-order valence-corrected chi connectivity index (χ2v) is 4.67. The third-order valence-electron chi connectivity index (χ3n) is 3.15. The number of rotatable bonds is 3. The highest BCUT2D eigenvalue weighted by atomic mass is 16.1. The molecule has 3 N–H and O–H groups in total. The molecule has 0 saturated carbocycles. The molecule has 1 atom stereocenters. The molecular formula is C14H18N4O. The summed E-state index contributed by atoms with van der Waals surface area (Å²) in [5.41, 5.74) is 8.43. The number of nitrogens with zero attached hydrogens (tertiary/aromatic N) is 2. The molecule has 2 aromatic rings. The van der Waals surface area contributed by atoms with Crippen molar-refractivity contribution in [3.8, 4) is 0 Å². The molecule has 19 heavy (non-hydrogen) atoms. The molecule has 0 fully saturated rings. The minimum atomic E-state index is -0.210. The highest BCUT2D eigenvalue weighted by Gasteiger charge is 2.16. The van der Waals surface area contributed by atoms with E-state index in [1.165, 1.54) is 16.4 Å². The smallest absolute Gasteiger partial charge is 0.257 e. The number of aromatic nitrogens is 2. The maximum atomic E-state index is 12.1. The third kappa shape index (κ3) is 2.76. The predicted octanol–water partition coefficient (Wildman–Crippen LogP) is 1.80. The maximum Gasteiger partial charge on any atom is 0.257 e. The van der Waals surface area contributed by atoms with Gasteiger partial charge in [0.25, 0.3) is 5.91 Å². The number of hydrogen-bond donors (Lipinski definition) is 2. The van der Waals surface area contributed by atoms with Gasteiger partial charge in [-0.3, -0.25) is 9.48 Å². The molecule has 1 amide bonds. The first-order valence-corrected chi connectivity index (χ1v) is 6.14. The van der Waals surface area contributed by atoms with Crippen LogP contribution in [0, 0.1) is 6.92 Å². The molecule has 0 aliphatic heterocycles. The summed E-state index contributed by atoms with van der Waals surface area (Å²) in [4.78, 5) is 12.1. The Kier molecular flexibility index (Phi) is 3.55. The van der Waals surface area contributed by atoms with Crippen molar-refractivity contribution in [2.45, 2.75) is 19.9 Å². The number of hydrogen-bond acceptors (Lipinski definition) is 3. The lowest BCUT2D eigenvalue weighted by atomic mass is 10.1. The molecule has 5 heteroatoms. The van der Waals surface area contributed by atoms with Crippen molar-refractivity contribution < 1.29 is 4.79 Å². The second kappa shape index (κ2) is 5.14. The Labute approximate surface area is 112 Å². The molecule has 0 radical (unpaired) electrons. The van der Waals surface area contributed by atoms with Crippen LogP contribution in [0.1, 0.15) is 34.5 Å². The second-order valence-electron chi connectivity index (χ2n) is 4.67. The molecule has 0 spiro atoms. The number of amides is 1. The number of carbonyl (C=O) groups excluding carboxylic acids is 1. The Morgan fingerprint density at radius 1 is 1.37 bits per heavy atom. The van der Waals surface area contributed by atoms with E-state index in [9.17, 15) is 4.79 Å². The molecular weight excluding hydrogens is 240 g/mol. The van der Waals surface area contributed by atoms with Crippen LogP contribution in [0.15, 0.2) is 30.5 Å². The number of nitrogen functional groups attached to an aromatic ring is 1. The van der Waals surface area contributed by atoms with Crippen LogP contribution in [0.25, 0.3) is 0 Å². The van der Waals surface area contributed by atoms with Crippen LogP contribution in [0.2, 0.25) is 0 Å². The SMILES string of the molecule is Cc1ccc(C(C)NC(=O)c2cnn(C)c2N)cc1. The fourth-order valence-electron chi connectivity index (χ4n) is 1.83. The standard InChI is InChI=1S/C14H18N4O/c1-9-4-6-11(7-5-9)10(2)17-14(19)12-8-16-18(3)13(12)15/h4-8,10H,15H2,1-3H3,(H,17,19). The van der Waals surface area contributed by atoms with E-state index in [-0.39, 0.29) is 11.9 Å². The first-order chi connectivity index (χ1) is 8.99. The average Bonchev–Trinajstić information content (AvgIpc) is 2.70. The molecule has 0 aliphatic carbocycles. The lowest BCUT2D eigenvalue weighted by Crippen LogP contribution is -2.27. The van der Waals surface area contributed by atoms with E-state index in [4.69, 9.17) is 5.73 Å². The molecule has 0 bridgehead atoms. The van der Waals surface area contributed by atoms with Crippen molar-refractivity contribution in [3.63, 3.8) is 0 Å². The van der Waals surface area contributed by atoms with Gasteiger partial charge in [0, 0.05) is 7.05 Å². The van der Waals surface area contributed by atoms with Gasteiger partial charge < -0.3 is 11.1 Å². The number of nitrogens with one attached hydrogen (secondary N) is 1.